The summed E-state index contributed by atoms with van der Waals surface area (Å²) in [6.07, 6.45) is 1.59. The van der Waals surface area contributed by atoms with Crippen LogP contribution in [-0.2, 0) is 0 Å². The van der Waals surface area contributed by atoms with Crippen LogP contribution in [0.15, 0.2) is 35.4 Å². The fraction of sp³-hybridized carbons (Fsp3) is 0.143. The molecule has 0 aliphatic rings. The number of rotatable bonds is 3. The van der Waals surface area contributed by atoms with E-state index in [1.165, 1.54) is 10.7 Å². The van der Waals surface area contributed by atoms with E-state index in [4.69, 9.17) is 11.6 Å². The Balaban J connectivity index is 2.27. The molecule has 0 aliphatic carbocycles. The second kappa shape index (κ2) is 5.73. The molecule has 2 heterocycles. The number of aromatic nitrogens is 3. The molecular formula is C14H10ClF2N3OS. The van der Waals surface area contributed by atoms with Crippen LogP contribution < -0.4 is 4.74 Å². The molecule has 0 saturated carbocycles. The minimum absolute atomic E-state index is 0.00475. The lowest BCUT2D eigenvalue weighted by molar-refractivity contribution is -0.0499. The number of halogens is 3. The lowest BCUT2D eigenvalue weighted by Crippen LogP contribution is -2.07. The first-order chi connectivity index (χ1) is 10.5. The fourth-order valence-electron chi connectivity index (χ4n) is 2.18. The van der Waals surface area contributed by atoms with E-state index in [-0.39, 0.29) is 10.9 Å². The van der Waals surface area contributed by atoms with E-state index in [9.17, 15) is 8.78 Å². The van der Waals surface area contributed by atoms with Crippen LogP contribution in [0.5, 0.6) is 5.75 Å². The molecule has 0 spiro atoms. The first-order valence-electron chi connectivity index (χ1n) is 6.25. The van der Waals surface area contributed by atoms with E-state index in [2.05, 4.69) is 27.4 Å². The van der Waals surface area contributed by atoms with Gasteiger partial charge in [0.25, 0.3) is 0 Å². The van der Waals surface area contributed by atoms with E-state index in [1.807, 2.05) is 0 Å². The maximum atomic E-state index is 12.6. The van der Waals surface area contributed by atoms with E-state index in [0.29, 0.717) is 21.8 Å². The number of fused-ring (bicyclic) bond motifs is 1. The maximum Gasteiger partial charge on any atom is 0.387 e. The molecule has 0 atom stereocenters. The van der Waals surface area contributed by atoms with Gasteiger partial charge in [-0.2, -0.15) is 13.9 Å². The summed E-state index contributed by atoms with van der Waals surface area (Å²) >= 11 is 10.2. The van der Waals surface area contributed by atoms with Crippen molar-refractivity contribution in [1.82, 2.24) is 14.8 Å². The molecule has 0 N–H and O–H groups in total. The van der Waals surface area contributed by atoms with Crippen LogP contribution in [0.1, 0.15) is 5.69 Å². The van der Waals surface area contributed by atoms with Gasteiger partial charge < -0.3 is 4.74 Å². The van der Waals surface area contributed by atoms with Crippen molar-refractivity contribution in [3.63, 3.8) is 0 Å². The number of thiol groups is 1. The molecule has 0 radical (unpaired) electrons. The Morgan fingerprint density at radius 1 is 1.32 bits per heavy atom. The summed E-state index contributed by atoms with van der Waals surface area (Å²) in [5.41, 5.74) is 1.70. The fourth-order valence-corrected chi connectivity index (χ4v) is 2.53. The monoisotopic (exact) mass is 341 g/mol. The third kappa shape index (κ3) is 2.74. The molecule has 0 fully saturated rings. The summed E-state index contributed by atoms with van der Waals surface area (Å²) < 4.78 is 31.3. The highest BCUT2D eigenvalue weighted by Gasteiger charge is 2.16. The molecular weight excluding hydrogens is 332 g/mol. The van der Waals surface area contributed by atoms with Crippen molar-refractivity contribution in [2.45, 2.75) is 18.4 Å². The minimum Gasteiger partial charge on any atom is -0.433 e. The van der Waals surface area contributed by atoms with Crippen LogP contribution in [0.3, 0.4) is 0 Å². The molecule has 0 bridgehead atoms. The van der Waals surface area contributed by atoms with Gasteiger partial charge in [0.2, 0.25) is 0 Å². The molecule has 2 aromatic heterocycles. The molecule has 0 amide bonds. The Hall–Kier alpha value is -1.86. The predicted molar refractivity (Wildman–Crippen MR) is 82.5 cm³/mol. The van der Waals surface area contributed by atoms with Crippen molar-refractivity contribution in [3.05, 3.63) is 41.3 Å². The summed E-state index contributed by atoms with van der Waals surface area (Å²) in [6, 6.07) is 6.21. The third-order valence-corrected chi connectivity index (χ3v) is 3.59. The molecule has 0 unspecified atom stereocenters. The molecule has 1 aromatic carbocycles. The second-order valence-electron chi connectivity index (χ2n) is 4.55. The van der Waals surface area contributed by atoms with Crippen LogP contribution in [0.2, 0.25) is 5.15 Å². The van der Waals surface area contributed by atoms with Gasteiger partial charge in [0.05, 0.1) is 11.2 Å². The van der Waals surface area contributed by atoms with Crippen LogP contribution in [0, 0.1) is 6.92 Å². The van der Waals surface area contributed by atoms with Gasteiger partial charge in [0.1, 0.15) is 10.8 Å². The SMILES string of the molecule is Cc1nn(-c2cc(S)ccc2OC(F)F)c2cc(Cl)ncc12. The summed E-state index contributed by atoms with van der Waals surface area (Å²) in [4.78, 5) is 4.60. The van der Waals surface area contributed by atoms with Crippen molar-refractivity contribution in [3.8, 4) is 11.4 Å². The van der Waals surface area contributed by atoms with Gasteiger partial charge in [-0.1, -0.05) is 11.6 Å². The van der Waals surface area contributed by atoms with E-state index < -0.39 is 6.61 Å². The highest BCUT2D eigenvalue weighted by atomic mass is 35.5. The number of aryl methyl sites for hydroxylation is 1. The van der Waals surface area contributed by atoms with Gasteiger partial charge in [0.15, 0.2) is 5.75 Å². The van der Waals surface area contributed by atoms with Gasteiger partial charge in [-0.25, -0.2) is 9.67 Å². The van der Waals surface area contributed by atoms with Gasteiger partial charge in [-0.3, -0.25) is 0 Å². The maximum absolute atomic E-state index is 12.6. The van der Waals surface area contributed by atoms with E-state index in [1.54, 1.807) is 31.3 Å². The largest absolute Gasteiger partial charge is 0.433 e. The number of nitrogens with zero attached hydrogens (tertiary/aromatic N) is 3. The van der Waals surface area contributed by atoms with Crippen molar-refractivity contribution in [1.29, 1.82) is 0 Å². The lowest BCUT2D eigenvalue weighted by atomic mass is 10.2. The van der Waals surface area contributed by atoms with Crippen molar-refractivity contribution < 1.29 is 13.5 Å². The van der Waals surface area contributed by atoms with Gasteiger partial charge >= 0.3 is 6.61 Å². The molecule has 0 aliphatic heterocycles. The minimum atomic E-state index is -2.93. The highest BCUT2D eigenvalue weighted by Crippen LogP contribution is 2.31. The molecule has 8 heteroatoms. The van der Waals surface area contributed by atoms with Crippen LogP contribution in [-0.4, -0.2) is 21.4 Å². The predicted octanol–water partition coefficient (Wildman–Crippen LogP) is 4.27. The first-order valence-corrected chi connectivity index (χ1v) is 7.07. The second-order valence-corrected chi connectivity index (χ2v) is 5.46. The molecule has 3 aromatic rings. The van der Waals surface area contributed by atoms with Gasteiger partial charge in [-0.15, -0.1) is 12.6 Å². The lowest BCUT2D eigenvalue weighted by Gasteiger charge is -2.12. The number of alkyl halides is 2. The Morgan fingerprint density at radius 2 is 2.09 bits per heavy atom. The standard InChI is InChI=1S/C14H10ClF2N3OS/c1-7-9-6-18-13(15)5-10(9)20(19-7)11-4-8(22)2-3-12(11)21-14(16)17/h2-6,14,22H,1H3. The average Bonchev–Trinajstić information content (AvgIpc) is 2.77. The van der Waals surface area contributed by atoms with E-state index >= 15 is 0 Å². The number of benzene rings is 1. The Labute approximate surface area is 135 Å². The Kier molecular flexibility index (Phi) is 3.92. The topological polar surface area (TPSA) is 39.9 Å². The van der Waals surface area contributed by atoms with Crippen LogP contribution in [0.4, 0.5) is 8.78 Å². The number of pyridine rings is 1. The molecule has 4 nitrogen and oxygen atoms in total. The average molecular weight is 342 g/mol. The zero-order valence-corrected chi connectivity index (χ0v) is 12.9. The van der Waals surface area contributed by atoms with Crippen LogP contribution >= 0.6 is 24.2 Å². The quantitative estimate of drug-likeness (QED) is 0.571. The first kappa shape index (κ1) is 15.1. The molecule has 114 valence electrons. The smallest absolute Gasteiger partial charge is 0.387 e. The Morgan fingerprint density at radius 3 is 2.82 bits per heavy atom. The Bertz CT molecular complexity index is 853. The number of hydrogen-bond donors (Lipinski definition) is 1. The summed E-state index contributed by atoms with van der Waals surface area (Å²) in [6.45, 7) is -1.13. The zero-order valence-electron chi connectivity index (χ0n) is 11.3. The normalized spacial score (nSPS) is 11.4. The molecule has 3 rings (SSSR count). The number of ether oxygens (including phenoxy) is 1. The number of hydrogen-bond acceptors (Lipinski definition) is 4. The highest BCUT2D eigenvalue weighted by molar-refractivity contribution is 7.80. The van der Waals surface area contributed by atoms with Crippen molar-refractivity contribution >= 4 is 35.1 Å². The zero-order chi connectivity index (χ0) is 15.9. The van der Waals surface area contributed by atoms with Gasteiger partial charge in [-0.05, 0) is 25.1 Å². The van der Waals surface area contributed by atoms with Crippen molar-refractivity contribution in [2.75, 3.05) is 0 Å². The van der Waals surface area contributed by atoms with Crippen LogP contribution in [0.25, 0.3) is 16.6 Å². The molecule has 0 saturated heterocycles. The third-order valence-electron chi connectivity index (χ3n) is 3.10. The van der Waals surface area contributed by atoms with Gasteiger partial charge in [0, 0.05) is 22.5 Å². The summed E-state index contributed by atoms with van der Waals surface area (Å²) in [5.74, 6) is 0.00475. The van der Waals surface area contributed by atoms with E-state index in [0.717, 1.165) is 5.39 Å². The summed E-state index contributed by atoms with van der Waals surface area (Å²) in [5, 5.41) is 5.43. The summed E-state index contributed by atoms with van der Waals surface area (Å²) in [7, 11) is 0. The van der Waals surface area contributed by atoms with Crippen molar-refractivity contribution in [2.24, 2.45) is 0 Å². The molecule has 22 heavy (non-hydrogen) atoms.